The average Bonchev–Trinajstić information content (AvgIpc) is 2.76. The highest BCUT2D eigenvalue weighted by molar-refractivity contribution is 7.99. The van der Waals surface area contributed by atoms with Crippen molar-refractivity contribution in [3.05, 3.63) is 35.9 Å². The number of nitrogens with zero attached hydrogens (tertiary/aromatic N) is 1. The number of fused-ring (bicyclic) bond motifs is 2. The summed E-state index contributed by atoms with van der Waals surface area (Å²) in [5.41, 5.74) is 0.935. The molecule has 1 saturated heterocycles. The lowest BCUT2D eigenvalue weighted by Crippen LogP contribution is -2.28. The Kier molecular flexibility index (Phi) is 6.06. The van der Waals surface area contributed by atoms with Crippen molar-refractivity contribution in [2.75, 3.05) is 33.1 Å². The van der Waals surface area contributed by atoms with Crippen LogP contribution in [0.5, 0.6) is 11.5 Å². The third-order valence-corrected chi connectivity index (χ3v) is 6.80. The first-order chi connectivity index (χ1) is 14.1. The van der Waals surface area contributed by atoms with Crippen molar-refractivity contribution in [2.45, 2.75) is 24.2 Å². The van der Waals surface area contributed by atoms with Gasteiger partial charge in [0.15, 0.2) is 0 Å². The first kappa shape index (κ1) is 20.2. The zero-order chi connectivity index (χ0) is 20.4. The molecule has 4 rings (SSSR count). The van der Waals surface area contributed by atoms with Gasteiger partial charge in [0.05, 0.1) is 25.3 Å². The molecule has 2 heterocycles. The Balaban J connectivity index is 1.91. The number of aromatic nitrogens is 1. The fraction of sp³-hybridized carbons (Fsp3) is 0.409. The summed E-state index contributed by atoms with van der Waals surface area (Å²) < 4.78 is 38.3. The number of pyridine rings is 1. The summed E-state index contributed by atoms with van der Waals surface area (Å²) in [5, 5.41) is 5.01. The molecule has 1 aliphatic heterocycles. The van der Waals surface area contributed by atoms with Crippen LogP contribution in [-0.2, 0) is 0 Å². The largest absolute Gasteiger partial charge is 0.497 e. The summed E-state index contributed by atoms with van der Waals surface area (Å²) in [4.78, 5) is 5.55. The number of halogens is 2. The van der Waals surface area contributed by atoms with Gasteiger partial charge in [0.25, 0.3) is 6.43 Å². The summed E-state index contributed by atoms with van der Waals surface area (Å²) in [7, 11) is 3.12. The first-order valence-electron chi connectivity index (χ1n) is 9.71. The second-order valence-corrected chi connectivity index (χ2v) is 8.27. The number of alkyl halides is 2. The lowest BCUT2D eigenvalue weighted by molar-refractivity contribution is 0.152. The molecule has 1 aliphatic rings. The summed E-state index contributed by atoms with van der Waals surface area (Å²) in [6.07, 6.45) is -0.371. The molecule has 0 aliphatic carbocycles. The quantitative estimate of drug-likeness (QED) is 0.427. The van der Waals surface area contributed by atoms with E-state index in [1.54, 1.807) is 18.9 Å². The highest BCUT2D eigenvalue weighted by atomic mass is 32.2. The minimum Gasteiger partial charge on any atom is -0.497 e. The van der Waals surface area contributed by atoms with Gasteiger partial charge in [-0.25, -0.2) is 13.8 Å². The Labute approximate surface area is 173 Å². The second-order valence-electron chi connectivity index (χ2n) is 7.24. The van der Waals surface area contributed by atoms with Crippen LogP contribution in [0.15, 0.2) is 35.2 Å². The Morgan fingerprint density at radius 1 is 1.07 bits per heavy atom. The first-order valence-corrected chi connectivity index (χ1v) is 10.7. The molecule has 4 nitrogen and oxygen atoms in total. The molecule has 7 heteroatoms. The molecule has 1 fully saturated rings. The van der Waals surface area contributed by atoms with Gasteiger partial charge in [-0.2, -0.15) is 0 Å². The van der Waals surface area contributed by atoms with Crippen LogP contribution in [0.3, 0.4) is 0 Å². The predicted octanol–water partition coefficient (Wildman–Crippen LogP) is 5.43. The molecule has 0 atom stereocenters. The van der Waals surface area contributed by atoms with E-state index in [9.17, 15) is 8.78 Å². The fourth-order valence-corrected chi connectivity index (χ4v) is 5.17. The van der Waals surface area contributed by atoms with Crippen LogP contribution in [-0.4, -0.2) is 38.0 Å². The smallest absolute Gasteiger partial charge is 0.266 e. The molecular formula is C22H24F2N2O2S. The van der Waals surface area contributed by atoms with E-state index < -0.39 is 6.43 Å². The van der Waals surface area contributed by atoms with Crippen molar-refractivity contribution in [1.29, 1.82) is 0 Å². The molecule has 29 heavy (non-hydrogen) atoms. The minimum atomic E-state index is -2.63. The predicted molar refractivity (Wildman–Crippen MR) is 114 cm³/mol. The molecule has 0 saturated carbocycles. The number of hydrogen-bond acceptors (Lipinski definition) is 5. The van der Waals surface area contributed by atoms with Gasteiger partial charge < -0.3 is 14.8 Å². The van der Waals surface area contributed by atoms with Crippen molar-refractivity contribution < 1.29 is 18.3 Å². The zero-order valence-corrected chi connectivity index (χ0v) is 17.3. The highest BCUT2D eigenvalue weighted by Gasteiger charge is 2.21. The van der Waals surface area contributed by atoms with Crippen LogP contribution in [0.25, 0.3) is 21.8 Å². The van der Waals surface area contributed by atoms with Crippen molar-refractivity contribution in [3.63, 3.8) is 0 Å². The van der Waals surface area contributed by atoms with E-state index in [2.05, 4.69) is 10.3 Å². The molecule has 1 aromatic heterocycles. The number of benzene rings is 2. The summed E-state index contributed by atoms with van der Waals surface area (Å²) in [5.74, 6) is 2.68. The number of nitrogens with one attached hydrogen (secondary N) is 1. The lowest BCUT2D eigenvalue weighted by Gasteiger charge is -2.23. The van der Waals surface area contributed by atoms with Gasteiger partial charge in [0.1, 0.15) is 11.5 Å². The number of hydrogen-bond donors (Lipinski definition) is 1. The molecule has 0 amide bonds. The van der Waals surface area contributed by atoms with E-state index in [1.807, 2.05) is 24.3 Å². The van der Waals surface area contributed by atoms with Crippen molar-refractivity contribution >= 4 is 33.6 Å². The third-order valence-electron chi connectivity index (χ3n) is 5.43. The average molecular weight is 419 g/mol. The molecule has 0 bridgehead atoms. The monoisotopic (exact) mass is 418 g/mol. The van der Waals surface area contributed by atoms with Crippen LogP contribution in [0.4, 0.5) is 8.78 Å². The second kappa shape index (κ2) is 8.71. The van der Waals surface area contributed by atoms with Gasteiger partial charge in [-0.3, -0.25) is 0 Å². The fourth-order valence-electron chi connectivity index (χ4n) is 3.80. The maximum atomic E-state index is 13.8. The van der Waals surface area contributed by atoms with Crippen molar-refractivity contribution in [1.82, 2.24) is 10.3 Å². The molecule has 0 unspecified atom stereocenters. The summed E-state index contributed by atoms with van der Waals surface area (Å²) in [6, 6.07) is 8.79. The maximum Gasteiger partial charge on any atom is 0.266 e. The molecule has 0 radical (unpaired) electrons. The summed E-state index contributed by atoms with van der Waals surface area (Å²) >= 11 is 1.72. The molecule has 2 aromatic carbocycles. The van der Waals surface area contributed by atoms with E-state index in [0.717, 1.165) is 47.7 Å². The summed E-state index contributed by atoms with van der Waals surface area (Å²) in [6.45, 7) is 2.06. The van der Waals surface area contributed by atoms with Crippen molar-refractivity contribution in [3.8, 4) is 11.5 Å². The minimum absolute atomic E-state index is 0.0965. The zero-order valence-electron chi connectivity index (χ0n) is 16.5. The number of piperidine rings is 1. The van der Waals surface area contributed by atoms with Crippen LogP contribution < -0.4 is 14.8 Å². The number of ether oxygens (including phenoxy) is 2. The number of thioether (sulfide) groups is 1. The molecular weight excluding hydrogens is 394 g/mol. The van der Waals surface area contributed by atoms with E-state index in [0.29, 0.717) is 28.1 Å². The van der Waals surface area contributed by atoms with Crippen LogP contribution >= 0.6 is 11.8 Å². The molecule has 154 valence electrons. The lowest BCUT2D eigenvalue weighted by atomic mass is 10.0. The number of rotatable bonds is 6. The Hall–Kier alpha value is -2.12. The Morgan fingerprint density at radius 2 is 1.79 bits per heavy atom. The Bertz CT molecular complexity index is 1020. The molecule has 0 spiro atoms. The van der Waals surface area contributed by atoms with Gasteiger partial charge in [-0.1, -0.05) is 0 Å². The van der Waals surface area contributed by atoms with Crippen LogP contribution in [0.2, 0.25) is 0 Å². The highest BCUT2D eigenvalue weighted by Crippen LogP contribution is 2.41. The SMILES string of the molecule is COc1ccc2nc3c(C(F)F)cc(OC)cc3c(SCC3CCNCC3)c2c1. The Morgan fingerprint density at radius 3 is 2.48 bits per heavy atom. The molecule has 1 N–H and O–H groups in total. The van der Waals surface area contributed by atoms with Gasteiger partial charge in [-0.05, 0) is 62.2 Å². The van der Waals surface area contributed by atoms with Crippen LogP contribution in [0.1, 0.15) is 24.8 Å². The van der Waals surface area contributed by atoms with Gasteiger partial charge >= 0.3 is 0 Å². The maximum absolute atomic E-state index is 13.8. The van der Waals surface area contributed by atoms with E-state index in [4.69, 9.17) is 9.47 Å². The van der Waals surface area contributed by atoms with E-state index in [-0.39, 0.29) is 5.56 Å². The van der Waals surface area contributed by atoms with E-state index in [1.165, 1.54) is 13.2 Å². The van der Waals surface area contributed by atoms with E-state index >= 15 is 0 Å². The molecule has 3 aromatic rings. The van der Waals surface area contributed by atoms with Gasteiger partial charge in [0, 0.05) is 27.0 Å². The topological polar surface area (TPSA) is 43.4 Å². The van der Waals surface area contributed by atoms with Crippen LogP contribution in [0, 0.1) is 5.92 Å². The van der Waals surface area contributed by atoms with Gasteiger partial charge in [-0.15, -0.1) is 11.8 Å². The van der Waals surface area contributed by atoms with Gasteiger partial charge in [0.2, 0.25) is 0 Å². The third kappa shape index (κ3) is 4.12. The number of methoxy groups -OCH3 is 2. The normalized spacial score (nSPS) is 15.3. The van der Waals surface area contributed by atoms with Crippen molar-refractivity contribution in [2.24, 2.45) is 5.92 Å². The standard InChI is InChI=1S/C22H24F2N2O2S/c1-27-14-3-4-19-16(9-14)21(29-12-13-5-7-25-8-6-13)17-10-15(28-2)11-18(22(23)24)20(17)26-19/h3-4,9-11,13,22,25H,5-8,12H2,1-2H3.